The van der Waals surface area contributed by atoms with Crippen molar-refractivity contribution < 1.29 is 34.8 Å². The van der Waals surface area contributed by atoms with Crippen molar-refractivity contribution in [1.82, 2.24) is 4.90 Å². The van der Waals surface area contributed by atoms with Crippen molar-refractivity contribution >= 4 is 34.6 Å². The van der Waals surface area contributed by atoms with Crippen molar-refractivity contribution in [3.8, 4) is 16.2 Å². The van der Waals surface area contributed by atoms with Crippen molar-refractivity contribution in [2.75, 3.05) is 14.1 Å². The molecule has 1 amide bonds. The Morgan fingerprint density at radius 3 is 2.49 bits per heavy atom. The first-order valence-corrected chi connectivity index (χ1v) is 12.8. The van der Waals surface area contributed by atoms with Crippen molar-refractivity contribution in [2.45, 2.75) is 37.8 Å². The Labute approximate surface area is 217 Å². The van der Waals surface area contributed by atoms with Gasteiger partial charge in [-0.2, -0.15) is 0 Å². The lowest BCUT2D eigenvalue weighted by atomic mass is 9.57. The molecule has 1 aromatic heterocycles. The number of aliphatic hydroxyl groups excluding tert-OH is 2. The molecule has 0 bridgehead atoms. The molecule has 37 heavy (non-hydrogen) atoms. The molecule has 1 saturated carbocycles. The first-order valence-electron chi connectivity index (χ1n) is 11.9. The van der Waals surface area contributed by atoms with E-state index in [1.54, 1.807) is 36.5 Å². The van der Waals surface area contributed by atoms with Gasteiger partial charge in [0.05, 0.1) is 17.2 Å². The maximum absolute atomic E-state index is 13.9. The van der Waals surface area contributed by atoms with Gasteiger partial charge in [0.25, 0.3) is 0 Å². The summed E-state index contributed by atoms with van der Waals surface area (Å²) in [6, 6.07) is 3.99. The van der Waals surface area contributed by atoms with Crippen LogP contribution in [0, 0.1) is 11.8 Å². The van der Waals surface area contributed by atoms with Crippen molar-refractivity contribution in [2.24, 2.45) is 17.6 Å². The van der Waals surface area contributed by atoms with Gasteiger partial charge in [-0.25, -0.2) is 0 Å². The van der Waals surface area contributed by atoms with Crippen LogP contribution in [0.25, 0.3) is 16.2 Å². The molecule has 10 heteroatoms. The van der Waals surface area contributed by atoms with Gasteiger partial charge in [0.2, 0.25) is 5.91 Å². The van der Waals surface area contributed by atoms with Gasteiger partial charge in [0.1, 0.15) is 22.9 Å². The molecule has 3 aliphatic rings. The molecule has 194 valence electrons. The maximum Gasteiger partial charge on any atom is 0.248 e. The van der Waals surface area contributed by atoms with E-state index in [2.05, 4.69) is 0 Å². The number of carbonyl (C=O) groups excluding carboxylic acids is 3. The van der Waals surface area contributed by atoms with Gasteiger partial charge in [-0.1, -0.05) is 0 Å². The number of carbonyl (C=O) groups is 3. The molecule has 9 nitrogen and oxygen atoms in total. The third-order valence-corrected chi connectivity index (χ3v) is 8.94. The second-order valence-corrected chi connectivity index (χ2v) is 11.2. The minimum atomic E-state index is -2.08. The lowest BCUT2D eigenvalue weighted by Gasteiger charge is -2.51. The van der Waals surface area contributed by atoms with Crippen LogP contribution in [-0.4, -0.2) is 68.5 Å². The largest absolute Gasteiger partial charge is 0.510 e. The highest BCUT2D eigenvalue weighted by molar-refractivity contribution is 7.14. The Morgan fingerprint density at radius 1 is 1.16 bits per heavy atom. The predicted octanol–water partition coefficient (Wildman–Crippen LogP) is 2.72. The number of primary amides is 1. The molecule has 1 fully saturated rings. The molecule has 3 aliphatic carbocycles. The number of Topliss-reactive ketones (excluding diaryl/α,β-unsaturated/α-hetero) is 2. The van der Waals surface area contributed by atoms with Gasteiger partial charge in [-0.15, -0.1) is 11.3 Å². The lowest BCUT2D eigenvalue weighted by Crippen LogP contribution is -2.62. The zero-order valence-corrected chi connectivity index (χ0v) is 21.4. The van der Waals surface area contributed by atoms with Crippen LogP contribution in [0.5, 0.6) is 5.75 Å². The average molecular weight is 525 g/mol. The summed E-state index contributed by atoms with van der Waals surface area (Å²) in [4.78, 5) is 40.5. The molecule has 0 radical (unpaired) electrons. The summed E-state index contributed by atoms with van der Waals surface area (Å²) in [5.74, 6) is -4.03. The van der Waals surface area contributed by atoms with E-state index >= 15 is 0 Å². The van der Waals surface area contributed by atoms with E-state index < -0.39 is 47.3 Å². The molecule has 4 atom stereocenters. The third kappa shape index (κ3) is 3.54. The highest BCUT2D eigenvalue weighted by Gasteiger charge is 2.60. The number of phenolic OH excluding ortho intramolecular Hbond substituents is 1. The van der Waals surface area contributed by atoms with Crippen LogP contribution in [0.1, 0.15) is 41.3 Å². The van der Waals surface area contributed by atoms with E-state index in [1.165, 1.54) is 24.3 Å². The standard InChI is InChI=1S/C27H28N2O7S/c1-11(30)13-6-7-37-24(13)14-4-5-18(31)20-15(14)8-12-9-17-21(29(2)3)22(32)16(26(28)35)10-27(17,36)25(34)19(12)23(20)33/h4-7,12,17,21,31-33,36H,8-10H2,1-3H3,(H2,28,35). The Balaban J connectivity index is 1.70. The maximum atomic E-state index is 13.9. The fourth-order valence-corrected chi connectivity index (χ4v) is 7.34. The molecule has 0 saturated heterocycles. The number of likely N-dealkylation sites (N-methyl/N-ethyl adjacent to an activating group) is 1. The number of fused-ring (bicyclic) bond motifs is 3. The molecule has 4 unspecified atom stereocenters. The van der Waals surface area contributed by atoms with Crippen LogP contribution in [0.2, 0.25) is 0 Å². The summed E-state index contributed by atoms with van der Waals surface area (Å²) in [5, 5.41) is 46.5. The number of nitrogens with two attached hydrogens (primary N) is 1. The monoisotopic (exact) mass is 524 g/mol. The number of ketones is 2. The Kier molecular flexibility index (Phi) is 5.82. The van der Waals surface area contributed by atoms with Crippen molar-refractivity contribution in [3.05, 3.63) is 57.2 Å². The van der Waals surface area contributed by atoms with E-state index in [0.717, 1.165) is 0 Å². The predicted molar refractivity (Wildman–Crippen MR) is 137 cm³/mol. The molecular weight excluding hydrogens is 496 g/mol. The summed E-state index contributed by atoms with van der Waals surface area (Å²) < 4.78 is 0. The number of hydrogen-bond donors (Lipinski definition) is 5. The third-order valence-electron chi connectivity index (χ3n) is 7.99. The number of nitrogens with zero attached hydrogens (tertiary/aromatic N) is 1. The number of thiophene rings is 1. The highest BCUT2D eigenvalue weighted by atomic mass is 32.1. The fourth-order valence-electron chi connectivity index (χ4n) is 6.34. The van der Waals surface area contributed by atoms with Crippen molar-refractivity contribution in [1.29, 1.82) is 0 Å². The topological polar surface area (TPSA) is 161 Å². The molecule has 6 N–H and O–H groups in total. The summed E-state index contributed by atoms with van der Waals surface area (Å²) >= 11 is 1.37. The molecule has 5 rings (SSSR count). The number of phenols is 1. The van der Waals surface area contributed by atoms with Gasteiger partial charge in [-0.05, 0) is 74.5 Å². The summed E-state index contributed by atoms with van der Waals surface area (Å²) in [7, 11) is 3.34. The minimum absolute atomic E-state index is 0.0145. The smallest absolute Gasteiger partial charge is 0.248 e. The first kappa shape index (κ1) is 25.2. The SMILES string of the molecule is CC(=O)c1ccsc1-c1ccc(O)c2c1CC1CC3C(N(C)C)C(O)=C(C(N)=O)CC3(O)C(=O)C1=C2O. The number of amides is 1. The van der Waals surface area contributed by atoms with E-state index in [1.807, 2.05) is 0 Å². The quantitative estimate of drug-likeness (QED) is 0.382. The van der Waals surface area contributed by atoms with Crippen LogP contribution in [0.4, 0.5) is 0 Å². The number of benzene rings is 1. The van der Waals surface area contributed by atoms with Crippen LogP contribution in [-0.2, 0) is 16.0 Å². The molecule has 0 aliphatic heterocycles. The number of aliphatic hydroxyl groups is 3. The van der Waals surface area contributed by atoms with Gasteiger partial charge >= 0.3 is 0 Å². The van der Waals surface area contributed by atoms with E-state index in [4.69, 9.17) is 5.73 Å². The molecule has 1 aromatic carbocycles. The summed E-state index contributed by atoms with van der Waals surface area (Å²) in [6.45, 7) is 1.47. The average Bonchev–Trinajstić information content (AvgIpc) is 3.30. The molecule has 2 aromatic rings. The van der Waals surface area contributed by atoms with Crippen LogP contribution >= 0.6 is 11.3 Å². The zero-order valence-electron chi connectivity index (χ0n) is 20.6. The summed E-state index contributed by atoms with van der Waals surface area (Å²) in [5.41, 5.74) is 5.05. The van der Waals surface area contributed by atoms with E-state index in [9.17, 15) is 34.8 Å². The number of hydrogen-bond acceptors (Lipinski definition) is 9. The van der Waals surface area contributed by atoms with E-state index in [0.29, 0.717) is 21.6 Å². The van der Waals surface area contributed by atoms with E-state index in [-0.39, 0.29) is 46.8 Å². The Hall–Kier alpha value is -3.47. The summed E-state index contributed by atoms with van der Waals surface area (Å²) in [6.07, 6.45) is 0.0139. The Bertz CT molecular complexity index is 1440. The van der Waals surface area contributed by atoms with Crippen molar-refractivity contribution in [3.63, 3.8) is 0 Å². The molecular formula is C27H28N2O7S. The molecule has 1 heterocycles. The molecule has 0 spiro atoms. The van der Waals surface area contributed by atoms with Gasteiger partial charge in [0.15, 0.2) is 11.6 Å². The normalized spacial score (nSPS) is 27.2. The van der Waals surface area contributed by atoms with Crippen LogP contribution in [0.3, 0.4) is 0 Å². The van der Waals surface area contributed by atoms with Crippen LogP contribution in [0.15, 0.2) is 40.5 Å². The van der Waals surface area contributed by atoms with Crippen LogP contribution < -0.4 is 5.73 Å². The second kappa shape index (κ2) is 8.54. The first-order chi connectivity index (χ1) is 17.4. The highest BCUT2D eigenvalue weighted by Crippen LogP contribution is 2.54. The lowest BCUT2D eigenvalue weighted by molar-refractivity contribution is -0.151. The Morgan fingerprint density at radius 2 is 1.86 bits per heavy atom. The number of rotatable bonds is 4. The van der Waals surface area contributed by atoms with Gasteiger partial charge in [0, 0.05) is 28.4 Å². The van der Waals surface area contributed by atoms with Gasteiger partial charge in [-0.3, -0.25) is 19.3 Å². The second-order valence-electron chi connectivity index (χ2n) is 10.3. The number of aromatic hydroxyl groups is 1. The minimum Gasteiger partial charge on any atom is -0.510 e. The fraction of sp³-hybridized carbons (Fsp3) is 0.370. The van der Waals surface area contributed by atoms with Gasteiger partial charge < -0.3 is 26.2 Å². The zero-order chi connectivity index (χ0) is 27.0.